The molecule has 12 nitrogen and oxygen atoms in total. The number of nitrogens with zero attached hydrogens (tertiary/aromatic N) is 1. The maximum Gasteiger partial charge on any atom is 0.408 e. The van der Waals surface area contributed by atoms with Gasteiger partial charge in [-0.05, 0) is 48.6 Å². The molecule has 0 aliphatic heterocycles. The summed E-state index contributed by atoms with van der Waals surface area (Å²) in [5, 5.41) is 8.90. The molecule has 7 N–H and O–H groups in total. The first kappa shape index (κ1) is 32.3. The third kappa shape index (κ3) is 9.95. The first-order valence-electron chi connectivity index (χ1n) is 14.4. The molecule has 0 saturated heterocycles. The van der Waals surface area contributed by atoms with Gasteiger partial charge in [-0.1, -0.05) is 60.7 Å². The van der Waals surface area contributed by atoms with Crippen LogP contribution in [0.25, 0.3) is 11.0 Å². The van der Waals surface area contributed by atoms with Crippen LogP contribution in [-0.2, 0) is 27.4 Å². The van der Waals surface area contributed by atoms with Gasteiger partial charge in [0.1, 0.15) is 24.3 Å². The number of hydrogen-bond donors (Lipinski definition) is 5. The second-order valence-corrected chi connectivity index (χ2v) is 10.4. The average molecular weight is 613 g/mol. The van der Waals surface area contributed by atoms with Crippen LogP contribution in [0.2, 0.25) is 0 Å². The molecule has 234 valence electrons. The number of aliphatic imine (C=N–C) groups is 1. The Balaban J connectivity index is 1.49. The highest BCUT2D eigenvalue weighted by Gasteiger charge is 2.27. The number of carbonyl (C=O) groups excluding carboxylic acids is 3. The standard InChI is InChI=1S/C33H36N6O6/c1-21-17-29(40)45-28-19-24(14-15-25(21)28)37-26(13-8-16-36-32(34)35)30(41)39-31(42)27(18-22-9-4-2-5-10-22)38-33(43)44-20-23-11-6-3-7-12-23/h2-7,9-12,14-15,17,19,26-27,37H,8,13,16,18,20H2,1H3,(H,38,43)(H4,34,35,36)(H,39,41,42)/t26-,27-/m0/s1. The molecule has 1 aromatic heterocycles. The highest BCUT2D eigenvalue weighted by atomic mass is 16.5. The number of nitrogens with two attached hydrogens (primary N) is 2. The van der Waals surface area contributed by atoms with Gasteiger partial charge in [-0.2, -0.15) is 0 Å². The highest BCUT2D eigenvalue weighted by molar-refractivity contribution is 6.02. The van der Waals surface area contributed by atoms with E-state index in [1.807, 2.05) is 60.7 Å². The van der Waals surface area contributed by atoms with Crippen molar-refractivity contribution in [1.82, 2.24) is 10.6 Å². The quantitative estimate of drug-likeness (QED) is 0.0653. The van der Waals surface area contributed by atoms with Gasteiger partial charge in [0, 0.05) is 36.2 Å². The van der Waals surface area contributed by atoms with Crippen LogP contribution in [0.3, 0.4) is 0 Å². The fourth-order valence-corrected chi connectivity index (χ4v) is 4.65. The number of amides is 3. The SMILES string of the molecule is Cc1cc(=O)oc2cc(N[C@@H](CCCN=C(N)N)C(=O)NC(=O)[C@H](Cc3ccccc3)NC(=O)OCc3ccccc3)ccc12. The van der Waals surface area contributed by atoms with Gasteiger partial charge in [-0.25, -0.2) is 9.59 Å². The van der Waals surface area contributed by atoms with E-state index >= 15 is 0 Å². The fourth-order valence-electron chi connectivity index (χ4n) is 4.65. The largest absolute Gasteiger partial charge is 0.445 e. The summed E-state index contributed by atoms with van der Waals surface area (Å²) in [4.78, 5) is 55.6. The zero-order valence-corrected chi connectivity index (χ0v) is 24.8. The van der Waals surface area contributed by atoms with Crippen LogP contribution in [0.5, 0.6) is 0 Å². The van der Waals surface area contributed by atoms with E-state index in [4.69, 9.17) is 20.6 Å². The Morgan fingerprint density at radius 2 is 1.56 bits per heavy atom. The second kappa shape index (κ2) is 15.7. The molecule has 2 atom stereocenters. The molecule has 0 bridgehead atoms. The lowest BCUT2D eigenvalue weighted by atomic mass is 10.0. The monoisotopic (exact) mass is 612 g/mol. The number of anilines is 1. The van der Waals surface area contributed by atoms with Gasteiger partial charge in [0.15, 0.2) is 5.96 Å². The van der Waals surface area contributed by atoms with Crippen molar-refractivity contribution in [3.8, 4) is 0 Å². The van der Waals surface area contributed by atoms with E-state index in [0.29, 0.717) is 17.7 Å². The summed E-state index contributed by atoms with van der Waals surface area (Å²) in [5.74, 6) is -1.42. The molecule has 0 saturated carbocycles. The maximum absolute atomic E-state index is 13.5. The van der Waals surface area contributed by atoms with E-state index in [1.54, 1.807) is 25.1 Å². The molecule has 3 amide bonds. The minimum absolute atomic E-state index is 0.0124. The van der Waals surface area contributed by atoms with Gasteiger partial charge in [0.2, 0.25) is 11.8 Å². The van der Waals surface area contributed by atoms with Gasteiger partial charge in [0.25, 0.3) is 0 Å². The minimum Gasteiger partial charge on any atom is -0.445 e. The number of rotatable bonds is 13. The number of nitrogens with one attached hydrogen (secondary N) is 3. The van der Waals surface area contributed by atoms with Crippen molar-refractivity contribution >= 4 is 40.5 Å². The van der Waals surface area contributed by atoms with Gasteiger partial charge < -0.3 is 31.3 Å². The van der Waals surface area contributed by atoms with E-state index in [2.05, 4.69) is 20.9 Å². The zero-order valence-electron chi connectivity index (χ0n) is 24.8. The number of fused-ring (bicyclic) bond motifs is 1. The topological polar surface area (TPSA) is 191 Å². The van der Waals surface area contributed by atoms with Crippen LogP contribution in [0.4, 0.5) is 10.5 Å². The Morgan fingerprint density at radius 3 is 2.24 bits per heavy atom. The Hall–Kier alpha value is -5.65. The molecule has 45 heavy (non-hydrogen) atoms. The van der Waals surface area contributed by atoms with Crippen LogP contribution in [0, 0.1) is 6.92 Å². The van der Waals surface area contributed by atoms with Crippen molar-refractivity contribution in [2.24, 2.45) is 16.5 Å². The first-order valence-corrected chi connectivity index (χ1v) is 14.4. The van der Waals surface area contributed by atoms with E-state index in [0.717, 1.165) is 22.1 Å². The molecule has 0 spiro atoms. The van der Waals surface area contributed by atoms with Crippen LogP contribution < -0.4 is 33.0 Å². The number of aryl methyl sites for hydroxylation is 1. The molecule has 0 aliphatic rings. The van der Waals surface area contributed by atoms with Crippen LogP contribution in [0.15, 0.2) is 99.1 Å². The molecule has 0 aliphatic carbocycles. The molecule has 4 rings (SSSR count). The molecule has 12 heteroatoms. The van der Waals surface area contributed by atoms with Crippen molar-refractivity contribution in [2.75, 3.05) is 11.9 Å². The average Bonchev–Trinajstić information content (AvgIpc) is 3.01. The molecular weight excluding hydrogens is 576 g/mol. The molecular formula is C33H36N6O6. The number of guanidine groups is 1. The lowest BCUT2D eigenvalue weighted by molar-refractivity contribution is -0.132. The van der Waals surface area contributed by atoms with Crippen molar-refractivity contribution in [3.05, 3.63) is 112 Å². The number of ether oxygens (including phenoxy) is 1. The molecule has 1 heterocycles. The Bertz CT molecular complexity index is 1700. The van der Waals surface area contributed by atoms with Gasteiger partial charge >= 0.3 is 11.7 Å². The van der Waals surface area contributed by atoms with E-state index in [1.165, 1.54) is 6.07 Å². The van der Waals surface area contributed by atoms with Crippen LogP contribution in [0.1, 0.15) is 29.5 Å². The number of carbonyl (C=O) groups is 3. The van der Waals surface area contributed by atoms with E-state index < -0.39 is 35.6 Å². The summed E-state index contributed by atoms with van der Waals surface area (Å²) < 4.78 is 10.7. The van der Waals surface area contributed by atoms with Gasteiger partial charge in [-0.15, -0.1) is 0 Å². The smallest absolute Gasteiger partial charge is 0.408 e. The Morgan fingerprint density at radius 1 is 0.889 bits per heavy atom. The van der Waals surface area contributed by atoms with Gasteiger partial charge in [-0.3, -0.25) is 19.9 Å². The summed E-state index contributed by atoms with van der Waals surface area (Å²) in [5.41, 5.74) is 13.5. The molecule has 0 unspecified atom stereocenters. The Labute approximate surface area is 259 Å². The predicted octanol–water partition coefficient (Wildman–Crippen LogP) is 3.12. The summed E-state index contributed by atoms with van der Waals surface area (Å²) in [7, 11) is 0. The lowest BCUT2D eigenvalue weighted by Crippen LogP contribution is -2.52. The van der Waals surface area contributed by atoms with Crippen LogP contribution >= 0.6 is 0 Å². The number of alkyl carbamates (subject to hydrolysis) is 1. The third-order valence-electron chi connectivity index (χ3n) is 6.90. The van der Waals surface area contributed by atoms with Crippen molar-refractivity contribution in [2.45, 2.75) is 44.9 Å². The highest BCUT2D eigenvalue weighted by Crippen LogP contribution is 2.22. The van der Waals surface area contributed by atoms with Crippen molar-refractivity contribution in [1.29, 1.82) is 0 Å². The zero-order chi connectivity index (χ0) is 32.2. The van der Waals surface area contributed by atoms with Crippen molar-refractivity contribution < 1.29 is 23.5 Å². The number of benzene rings is 3. The predicted molar refractivity (Wildman–Crippen MR) is 171 cm³/mol. The molecule has 0 fully saturated rings. The summed E-state index contributed by atoms with van der Waals surface area (Å²) in [6.07, 6.45) is -0.0216. The van der Waals surface area contributed by atoms with Crippen molar-refractivity contribution in [3.63, 3.8) is 0 Å². The summed E-state index contributed by atoms with van der Waals surface area (Å²) in [6.45, 7) is 2.08. The minimum atomic E-state index is -1.11. The Kier molecular flexibility index (Phi) is 11.3. The molecule has 4 aromatic rings. The lowest BCUT2D eigenvalue weighted by Gasteiger charge is -2.22. The second-order valence-electron chi connectivity index (χ2n) is 10.4. The van der Waals surface area contributed by atoms with E-state index in [-0.39, 0.29) is 32.0 Å². The van der Waals surface area contributed by atoms with Gasteiger partial charge in [0.05, 0.1) is 0 Å². The molecule has 3 aromatic carbocycles. The normalized spacial score (nSPS) is 12.0. The first-order chi connectivity index (χ1) is 21.7. The molecule has 0 radical (unpaired) electrons. The number of imide groups is 1. The van der Waals surface area contributed by atoms with E-state index in [9.17, 15) is 19.2 Å². The maximum atomic E-state index is 13.5. The summed E-state index contributed by atoms with van der Waals surface area (Å²) in [6, 6.07) is 22.7. The van der Waals surface area contributed by atoms with Crippen LogP contribution in [-0.4, -0.2) is 42.5 Å². The number of hydrogen-bond acceptors (Lipinski definition) is 8. The fraction of sp³-hybridized carbons (Fsp3) is 0.242. The summed E-state index contributed by atoms with van der Waals surface area (Å²) >= 11 is 0. The third-order valence-corrected chi connectivity index (χ3v) is 6.90.